The van der Waals surface area contributed by atoms with Crippen molar-refractivity contribution < 1.29 is 4.79 Å². The average molecular weight is 218 g/mol. The normalized spacial score (nSPS) is 11.0. The molecule has 0 N–H and O–H groups in total. The summed E-state index contributed by atoms with van der Waals surface area (Å²) in [5.74, 6) is 0.988. The zero-order valence-corrected chi connectivity index (χ0v) is 9.58. The molecular formula is C11H14N4O. The van der Waals surface area contributed by atoms with Crippen LogP contribution in [0.2, 0.25) is 0 Å². The van der Waals surface area contributed by atoms with E-state index in [-0.39, 0.29) is 0 Å². The van der Waals surface area contributed by atoms with Crippen molar-refractivity contribution in [3.63, 3.8) is 0 Å². The van der Waals surface area contributed by atoms with E-state index >= 15 is 0 Å². The third kappa shape index (κ3) is 1.76. The predicted molar refractivity (Wildman–Crippen MR) is 59.8 cm³/mol. The lowest BCUT2D eigenvalue weighted by atomic mass is 10.1. The first kappa shape index (κ1) is 10.6. The van der Waals surface area contributed by atoms with Gasteiger partial charge in [0.15, 0.2) is 12.1 Å². The second-order valence-electron chi connectivity index (χ2n) is 4.07. The fraction of sp³-hybridized carbons (Fsp3) is 0.364. The number of carbonyl (C=O) groups excluding carboxylic acids is 1. The molecule has 2 heterocycles. The van der Waals surface area contributed by atoms with E-state index < -0.39 is 0 Å². The molecule has 0 aliphatic rings. The van der Waals surface area contributed by atoms with Crippen molar-refractivity contribution in [2.24, 2.45) is 7.05 Å². The fourth-order valence-corrected chi connectivity index (χ4v) is 1.51. The van der Waals surface area contributed by atoms with Crippen LogP contribution in [-0.2, 0) is 7.05 Å². The summed E-state index contributed by atoms with van der Waals surface area (Å²) >= 11 is 0. The Balaban J connectivity index is 2.45. The van der Waals surface area contributed by atoms with Crippen molar-refractivity contribution in [3.05, 3.63) is 29.7 Å². The molecule has 16 heavy (non-hydrogen) atoms. The highest BCUT2D eigenvalue weighted by Gasteiger charge is 2.11. The Labute approximate surface area is 93.7 Å². The van der Waals surface area contributed by atoms with Gasteiger partial charge in [-0.3, -0.25) is 9.48 Å². The SMILES string of the molecule is CC(C)c1cnn(-c2nn(C)cc2C=O)c1. The first-order valence-corrected chi connectivity index (χ1v) is 5.15. The van der Waals surface area contributed by atoms with Gasteiger partial charge in [0.05, 0.1) is 11.8 Å². The zero-order chi connectivity index (χ0) is 11.7. The molecule has 0 saturated heterocycles. The van der Waals surface area contributed by atoms with E-state index in [1.54, 1.807) is 28.8 Å². The lowest BCUT2D eigenvalue weighted by Crippen LogP contribution is -1.99. The van der Waals surface area contributed by atoms with Gasteiger partial charge < -0.3 is 0 Å². The van der Waals surface area contributed by atoms with Gasteiger partial charge in [-0.15, -0.1) is 0 Å². The van der Waals surface area contributed by atoms with Gasteiger partial charge in [0.2, 0.25) is 0 Å². The molecule has 2 aromatic rings. The van der Waals surface area contributed by atoms with Crippen LogP contribution in [0.25, 0.3) is 5.82 Å². The van der Waals surface area contributed by atoms with Crippen molar-refractivity contribution >= 4 is 6.29 Å². The van der Waals surface area contributed by atoms with Crippen molar-refractivity contribution in [2.75, 3.05) is 0 Å². The molecule has 0 fully saturated rings. The number of carbonyl (C=O) groups is 1. The molecule has 0 aliphatic carbocycles. The molecule has 2 rings (SSSR count). The maximum atomic E-state index is 10.9. The summed E-state index contributed by atoms with van der Waals surface area (Å²) in [6, 6.07) is 0. The van der Waals surface area contributed by atoms with Gasteiger partial charge in [-0.2, -0.15) is 10.2 Å². The van der Waals surface area contributed by atoms with Crippen LogP contribution in [0.4, 0.5) is 0 Å². The molecule has 0 unspecified atom stereocenters. The Hall–Kier alpha value is -1.91. The van der Waals surface area contributed by atoms with Crippen LogP contribution in [0.15, 0.2) is 18.6 Å². The van der Waals surface area contributed by atoms with E-state index in [1.165, 1.54) is 0 Å². The summed E-state index contributed by atoms with van der Waals surface area (Å²) in [4.78, 5) is 10.9. The molecule has 2 aromatic heterocycles. The van der Waals surface area contributed by atoms with Gasteiger partial charge in [0.1, 0.15) is 0 Å². The standard InChI is InChI=1S/C11H14N4O/c1-8(2)9-4-12-15(6-9)11-10(7-16)5-14(3)13-11/h4-8H,1-3H3. The van der Waals surface area contributed by atoms with Crippen molar-refractivity contribution in [1.82, 2.24) is 19.6 Å². The van der Waals surface area contributed by atoms with Crippen molar-refractivity contribution in [3.8, 4) is 5.82 Å². The Kier molecular flexibility index (Phi) is 2.60. The third-order valence-electron chi connectivity index (χ3n) is 2.45. The minimum atomic E-state index is 0.414. The minimum absolute atomic E-state index is 0.414. The molecule has 0 bridgehead atoms. The summed E-state index contributed by atoms with van der Waals surface area (Å²) in [5.41, 5.74) is 1.67. The highest BCUT2D eigenvalue weighted by atomic mass is 16.1. The summed E-state index contributed by atoms with van der Waals surface area (Å²) in [6.45, 7) is 4.20. The van der Waals surface area contributed by atoms with Crippen LogP contribution in [0.5, 0.6) is 0 Å². The fourth-order valence-electron chi connectivity index (χ4n) is 1.51. The Morgan fingerprint density at radius 1 is 1.38 bits per heavy atom. The quantitative estimate of drug-likeness (QED) is 0.734. The molecule has 0 spiro atoms. The molecule has 0 aromatic carbocycles. The van der Waals surface area contributed by atoms with Gasteiger partial charge in [0, 0.05) is 19.4 Å². The van der Waals surface area contributed by atoms with Crippen LogP contribution in [0.1, 0.15) is 35.7 Å². The Morgan fingerprint density at radius 2 is 2.12 bits per heavy atom. The van der Waals surface area contributed by atoms with Gasteiger partial charge in [-0.25, -0.2) is 4.68 Å². The summed E-state index contributed by atoms with van der Waals surface area (Å²) in [6.07, 6.45) is 6.17. The molecule has 0 amide bonds. The lowest BCUT2D eigenvalue weighted by molar-refractivity contribution is 0.112. The van der Waals surface area contributed by atoms with Gasteiger partial charge in [-0.05, 0) is 11.5 Å². The maximum Gasteiger partial charge on any atom is 0.185 e. The van der Waals surface area contributed by atoms with Gasteiger partial charge in [0.25, 0.3) is 0 Å². The number of aryl methyl sites for hydroxylation is 1. The Bertz CT molecular complexity index is 510. The number of rotatable bonds is 3. The monoisotopic (exact) mass is 218 g/mol. The minimum Gasteiger partial charge on any atom is -0.298 e. The summed E-state index contributed by atoms with van der Waals surface area (Å²) in [7, 11) is 1.78. The molecule has 0 atom stereocenters. The second kappa shape index (κ2) is 3.92. The molecular weight excluding hydrogens is 204 g/mol. The largest absolute Gasteiger partial charge is 0.298 e. The number of aromatic nitrogens is 4. The third-order valence-corrected chi connectivity index (χ3v) is 2.45. The molecule has 84 valence electrons. The van der Waals surface area contributed by atoms with Crippen LogP contribution >= 0.6 is 0 Å². The first-order valence-electron chi connectivity index (χ1n) is 5.15. The molecule has 0 saturated carbocycles. The number of hydrogen-bond acceptors (Lipinski definition) is 3. The number of hydrogen-bond donors (Lipinski definition) is 0. The summed E-state index contributed by atoms with van der Waals surface area (Å²) < 4.78 is 3.24. The molecule has 0 radical (unpaired) electrons. The van der Waals surface area contributed by atoms with Crippen molar-refractivity contribution in [2.45, 2.75) is 19.8 Å². The van der Waals surface area contributed by atoms with Crippen LogP contribution in [0, 0.1) is 0 Å². The van der Waals surface area contributed by atoms with E-state index in [9.17, 15) is 4.79 Å². The highest BCUT2D eigenvalue weighted by Crippen LogP contribution is 2.16. The van der Waals surface area contributed by atoms with Gasteiger partial charge in [-0.1, -0.05) is 13.8 Å². The average Bonchev–Trinajstić information content (AvgIpc) is 2.82. The van der Waals surface area contributed by atoms with E-state index in [2.05, 4.69) is 24.0 Å². The highest BCUT2D eigenvalue weighted by molar-refractivity contribution is 5.79. The van der Waals surface area contributed by atoms with Crippen LogP contribution < -0.4 is 0 Å². The zero-order valence-electron chi connectivity index (χ0n) is 9.58. The second-order valence-corrected chi connectivity index (χ2v) is 4.07. The number of aldehydes is 1. The van der Waals surface area contributed by atoms with E-state index in [4.69, 9.17) is 0 Å². The molecule has 5 nitrogen and oxygen atoms in total. The lowest BCUT2D eigenvalue weighted by Gasteiger charge is -1.98. The smallest absolute Gasteiger partial charge is 0.185 e. The first-order chi connectivity index (χ1) is 7.61. The predicted octanol–water partition coefficient (Wildman–Crippen LogP) is 1.54. The van der Waals surface area contributed by atoms with Crippen LogP contribution in [0.3, 0.4) is 0 Å². The van der Waals surface area contributed by atoms with E-state index in [0.717, 1.165) is 11.8 Å². The van der Waals surface area contributed by atoms with Crippen molar-refractivity contribution in [1.29, 1.82) is 0 Å². The summed E-state index contributed by atoms with van der Waals surface area (Å²) in [5, 5.41) is 8.42. The topological polar surface area (TPSA) is 52.7 Å². The molecule has 5 heteroatoms. The molecule has 0 aliphatic heterocycles. The Morgan fingerprint density at radius 3 is 2.69 bits per heavy atom. The van der Waals surface area contributed by atoms with E-state index in [1.807, 2.05) is 6.20 Å². The maximum absolute atomic E-state index is 10.9. The number of nitrogens with zero attached hydrogens (tertiary/aromatic N) is 4. The van der Waals surface area contributed by atoms with Gasteiger partial charge >= 0.3 is 0 Å². The van der Waals surface area contributed by atoms with Crippen LogP contribution in [-0.4, -0.2) is 25.8 Å². The van der Waals surface area contributed by atoms with E-state index in [0.29, 0.717) is 17.3 Å².